The number of hydrogen-bond acceptors (Lipinski definition) is 5. The van der Waals surface area contributed by atoms with Gasteiger partial charge in [-0.05, 0) is 64.0 Å². The molecular weight excluding hydrogens is 328 g/mol. The van der Waals surface area contributed by atoms with Crippen molar-refractivity contribution in [2.45, 2.75) is 70.6 Å². The quantitative estimate of drug-likeness (QED) is 0.695. The summed E-state index contributed by atoms with van der Waals surface area (Å²) in [5.74, 6) is 0.679. The third-order valence-corrected chi connectivity index (χ3v) is 5.05. The van der Waals surface area contributed by atoms with E-state index >= 15 is 0 Å². The van der Waals surface area contributed by atoms with Gasteiger partial charge in [-0.1, -0.05) is 6.07 Å². The fourth-order valence-corrected chi connectivity index (χ4v) is 3.77. The highest BCUT2D eigenvalue weighted by atomic mass is 16.3. The number of carbonyl (C=O) groups is 1. The van der Waals surface area contributed by atoms with E-state index in [9.17, 15) is 9.90 Å². The third-order valence-electron chi connectivity index (χ3n) is 5.05. The largest absolute Gasteiger partial charge is 0.385 e. The van der Waals surface area contributed by atoms with Gasteiger partial charge in [0.2, 0.25) is 5.91 Å². The molecule has 3 N–H and O–H groups in total. The number of pyridine rings is 1. The maximum Gasteiger partial charge on any atom is 0.217 e. The second kappa shape index (κ2) is 9.11. The molecule has 26 heavy (non-hydrogen) atoms. The van der Waals surface area contributed by atoms with Crippen LogP contribution in [0.5, 0.6) is 0 Å². The van der Waals surface area contributed by atoms with E-state index in [0.717, 1.165) is 32.1 Å². The number of aliphatic hydroxyl groups excluding tert-OH is 1. The number of amides is 1. The first-order valence-corrected chi connectivity index (χ1v) is 9.36. The van der Waals surface area contributed by atoms with Gasteiger partial charge in [-0.3, -0.25) is 4.79 Å². The molecule has 6 nitrogen and oxygen atoms in total. The summed E-state index contributed by atoms with van der Waals surface area (Å²) in [6.07, 6.45) is 4.59. The van der Waals surface area contributed by atoms with Gasteiger partial charge in [-0.2, -0.15) is 5.26 Å². The van der Waals surface area contributed by atoms with E-state index in [1.807, 2.05) is 6.07 Å². The predicted octanol–water partition coefficient (Wildman–Crippen LogP) is 2.44. The number of rotatable bonds is 7. The lowest BCUT2D eigenvalue weighted by atomic mass is 9.79. The summed E-state index contributed by atoms with van der Waals surface area (Å²) >= 11 is 0. The molecule has 1 aromatic rings. The summed E-state index contributed by atoms with van der Waals surface area (Å²) in [5, 5.41) is 25.7. The second-order valence-electron chi connectivity index (χ2n) is 7.96. The molecule has 0 radical (unpaired) electrons. The maximum atomic E-state index is 11.2. The van der Waals surface area contributed by atoms with E-state index in [0.29, 0.717) is 29.9 Å². The van der Waals surface area contributed by atoms with E-state index in [2.05, 4.69) is 29.5 Å². The fraction of sp³-hybridized carbons (Fsp3) is 0.650. The minimum Gasteiger partial charge on any atom is -0.385 e. The Hall–Kier alpha value is -1.97. The van der Waals surface area contributed by atoms with Crippen molar-refractivity contribution in [2.75, 3.05) is 6.54 Å². The number of nitriles is 1. The number of nitrogens with zero attached hydrogens (tertiary/aromatic N) is 2. The zero-order valence-electron chi connectivity index (χ0n) is 16.0. The van der Waals surface area contributed by atoms with E-state index < -0.39 is 6.10 Å². The van der Waals surface area contributed by atoms with Gasteiger partial charge in [0.05, 0.1) is 5.69 Å². The molecule has 0 spiro atoms. The van der Waals surface area contributed by atoms with Gasteiger partial charge in [0.15, 0.2) is 0 Å². The van der Waals surface area contributed by atoms with Crippen LogP contribution in [0.1, 0.15) is 70.4 Å². The molecule has 1 saturated carbocycles. The molecule has 0 saturated heterocycles. The SMILES string of the molecule is CC(=O)NC1CCC(CC(C)(C)NC[C@H](O)c2cccc(C#N)n2)CC1. The maximum absolute atomic E-state index is 11.2. The van der Waals surface area contributed by atoms with Crippen molar-refractivity contribution in [3.63, 3.8) is 0 Å². The van der Waals surface area contributed by atoms with Gasteiger partial charge in [-0.15, -0.1) is 0 Å². The van der Waals surface area contributed by atoms with Gasteiger partial charge in [0.1, 0.15) is 17.9 Å². The van der Waals surface area contributed by atoms with E-state index in [4.69, 9.17) is 5.26 Å². The Bertz CT molecular complexity index is 645. The summed E-state index contributed by atoms with van der Waals surface area (Å²) in [7, 11) is 0. The van der Waals surface area contributed by atoms with Crippen LogP contribution in [0.25, 0.3) is 0 Å². The van der Waals surface area contributed by atoms with Crippen molar-refractivity contribution in [1.82, 2.24) is 15.6 Å². The minimum absolute atomic E-state index is 0.0542. The Kier molecular flexibility index (Phi) is 7.13. The van der Waals surface area contributed by atoms with E-state index in [1.165, 1.54) is 0 Å². The molecule has 1 amide bonds. The Morgan fingerprint density at radius 3 is 2.69 bits per heavy atom. The summed E-state index contributed by atoms with van der Waals surface area (Å²) < 4.78 is 0. The summed E-state index contributed by atoms with van der Waals surface area (Å²) in [6.45, 7) is 6.28. The molecular formula is C20H30N4O2. The van der Waals surface area contributed by atoms with Crippen LogP contribution in [0.3, 0.4) is 0 Å². The molecule has 0 bridgehead atoms. The van der Waals surface area contributed by atoms with Crippen LogP contribution in [0.2, 0.25) is 0 Å². The van der Waals surface area contributed by atoms with Gasteiger partial charge >= 0.3 is 0 Å². The Morgan fingerprint density at radius 1 is 1.38 bits per heavy atom. The summed E-state index contributed by atoms with van der Waals surface area (Å²) in [5.41, 5.74) is 0.735. The highest BCUT2D eigenvalue weighted by molar-refractivity contribution is 5.73. The highest BCUT2D eigenvalue weighted by Gasteiger charge is 2.28. The van der Waals surface area contributed by atoms with E-state index in [-0.39, 0.29) is 11.4 Å². The molecule has 0 aliphatic heterocycles. The van der Waals surface area contributed by atoms with E-state index in [1.54, 1.807) is 25.1 Å². The zero-order chi connectivity index (χ0) is 19.2. The first-order chi connectivity index (χ1) is 12.3. The smallest absolute Gasteiger partial charge is 0.217 e. The lowest BCUT2D eigenvalue weighted by molar-refractivity contribution is -0.119. The van der Waals surface area contributed by atoms with Crippen molar-refractivity contribution in [1.29, 1.82) is 5.26 Å². The van der Waals surface area contributed by atoms with Crippen LogP contribution in [0.4, 0.5) is 0 Å². The molecule has 142 valence electrons. The number of carbonyl (C=O) groups excluding carboxylic acids is 1. The highest BCUT2D eigenvalue weighted by Crippen LogP contribution is 2.31. The number of aliphatic hydroxyl groups is 1. The summed E-state index contributed by atoms with van der Waals surface area (Å²) in [4.78, 5) is 15.3. The number of β-amino-alcohol motifs (C(OH)–C–C–N with tert-alkyl or cyclic N) is 1. The summed E-state index contributed by atoms with van der Waals surface area (Å²) in [6, 6.07) is 7.42. The van der Waals surface area contributed by atoms with Gasteiger partial charge < -0.3 is 15.7 Å². The molecule has 6 heteroatoms. The normalized spacial score (nSPS) is 21.7. The van der Waals surface area contributed by atoms with Crippen molar-refractivity contribution in [3.05, 3.63) is 29.6 Å². The Morgan fingerprint density at radius 2 is 2.08 bits per heavy atom. The Labute approximate surface area is 156 Å². The monoisotopic (exact) mass is 358 g/mol. The van der Waals surface area contributed by atoms with Crippen molar-refractivity contribution in [2.24, 2.45) is 5.92 Å². The fourth-order valence-electron chi connectivity index (χ4n) is 3.77. The third kappa shape index (κ3) is 6.40. The molecule has 1 fully saturated rings. The second-order valence-corrected chi connectivity index (χ2v) is 7.96. The number of aromatic nitrogens is 1. The van der Waals surface area contributed by atoms with Gasteiger partial charge in [-0.25, -0.2) is 4.98 Å². The molecule has 1 aliphatic rings. The van der Waals surface area contributed by atoms with Crippen LogP contribution in [-0.4, -0.2) is 34.1 Å². The standard InChI is InChI=1S/C20H30N4O2/c1-14(25)23-16-9-7-15(8-10-16)11-20(2,3)22-13-19(26)18-6-4-5-17(12-21)24-18/h4-6,15-16,19,22,26H,7-11,13H2,1-3H3,(H,23,25)/t15?,16?,19-/m0/s1. The average Bonchev–Trinajstić information content (AvgIpc) is 2.61. The average molecular weight is 358 g/mol. The first-order valence-electron chi connectivity index (χ1n) is 9.36. The predicted molar refractivity (Wildman–Crippen MR) is 100 cm³/mol. The van der Waals surface area contributed by atoms with Crippen LogP contribution in [0, 0.1) is 17.2 Å². The van der Waals surface area contributed by atoms with Gasteiger partial charge in [0, 0.05) is 25.0 Å². The molecule has 2 rings (SSSR count). The van der Waals surface area contributed by atoms with Crippen molar-refractivity contribution >= 4 is 5.91 Å². The number of hydrogen-bond donors (Lipinski definition) is 3. The van der Waals surface area contributed by atoms with Crippen molar-refractivity contribution in [3.8, 4) is 6.07 Å². The van der Waals surface area contributed by atoms with Crippen LogP contribution in [-0.2, 0) is 4.79 Å². The molecule has 0 unspecified atom stereocenters. The van der Waals surface area contributed by atoms with Crippen LogP contribution < -0.4 is 10.6 Å². The van der Waals surface area contributed by atoms with Gasteiger partial charge in [0.25, 0.3) is 0 Å². The van der Waals surface area contributed by atoms with Crippen LogP contribution >= 0.6 is 0 Å². The topological polar surface area (TPSA) is 98.0 Å². The first kappa shape index (κ1) is 20.3. The Balaban J connectivity index is 1.79. The van der Waals surface area contributed by atoms with Crippen molar-refractivity contribution < 1.29 is 9.90 Å². The molecule has 1 aliphatic carbocycles. The van der Waals surface area contributed by atoms with Crippen LogP contribution in [0.15, 0.2) is 18.2 Å². The minimum atomic E-state index is -0.738. The molecule has 1 heterocycles. The zero-order valence-corrected chi connectivity index (χ0v) is 16.0. The molecule has 1 aromatic heterocycles. The lowest BCUT2D eigenvalue weighted by Crippen LogP contribution is -2.44. The number of nitrogens with one attached hydrogen (secondary N) is 2. The molecule has 1 atom stereocenters. The lowest BCUT2D eigenvalue weighted by Gasteiger charge is -2.35. The molecule has 0 aromatic carbocycles.